The van der Waals surface area contributed by atoms with Gasteiger partial charge in [0.05, 0.1) is 12.2 Å². The van der Waals surface area contributed by atoms with Gasteiger partial charge in [0.25, 0.3) is 0 Å². The molecular formula is C26H31ClO9. The highest BCUT2D eigenvalue weighted by atomic mass is 35.5. The average Bonchev–Trinajstić information content (AvgIpc) is 3.65. The number of aliphatic hydroxyl groups is 5. The Morgan fingerprint density at radius 1 is 1.14 bits per heavy atom. The first-order chi connectivity index (χ1) is 17.0. The highest BCUT2D eigenvalue weighted by Crippen LogP contribution is 2.42. The molecule has 2 aromatic carbocycles. The summed E-state index contributed by atoms with van der Waals surface area (Å²) in [5.41, 5.74) is 1.62. The van der Waals surface area contributed by atoms with Crippen LogP contribution in [0.5, 0.6) is 5.75 Å². The van der Waals surface area contributed by atoms with Crippen LogP contribution in [0.3, 0.4) is 0 Å². The molecule has 2 aromatic rings. The SMILES string of the molecule is CC(=O)OCc1cc(Cl)c(Cc2ccc(OC3CC3)cc2)c([C@@]2(O)O[C@H]([C@H](C)O)[C@@H](O)[C@H](O)[C@H]2O)c1. The number of aliphatic hydroxyl groups excluding tert-OH is 4. The molecule has 36 heavy (non-hydrogen) atoms. The van der Waals surface area contributed by atoms with Gasteiger partial charge in [-0.1, -0.05) is 23.7 Å². The number of rotatable bonds is 8. The van der Waals surface area contributed by atoms with E-state index >= 15 is 0 Å². The zero-order valence-electron chi connectivity index (χ0n) is 20.0. The summed E-state index contributed by atoms with van der Waals surface area (Å²) < 4.78 is 16.5. The summed E-state index contributed by atoms with van der Waals surface area (Å²) in [6.07, 6.45) is -5.60. The van der Waals surface area contributed by atoms with Gasteiger partial charge in [0, 0.05) is 17.5 Å². The van der Waals surface area contributed by atoms with Gasteiger partial charge in [0.2, 0.25) is 5.79 Å². The van der Waals surface area contributed by atoms with Gasteiger partial charge in [-0.2, -0.15) is 0 Å². The molecule has 5 N–H and O–H groups in total. The van der Waals surface area contributed by atoms with E-state index in [2.05, 4.69) is 0 Å². The van der Waals surface area contributed by atoms with Crippen molar-refractivity contribution in [1.29, 1.82) is 0 Å². The average molecular weight is 523 g/mol. The van der Waals surface area contributed by atoms with Crippen molar-refractivity contribution >= 4 is 17.6 Å². The Hall–Kier alpha value is -2.24. The van der Waals surface area contributed by atoms with Gasteiger partial charge in [-0.15, -0.1) is 0 Å². The number of benzene rings is 2. The third-order valence-electron chi connectivity index (χ3n) is 6.42. The molecule has 1 heterocycles. The minimum absolute atomic E-state index is 0.0135. The predicted molar refractivity (Wildman–Crippen MR) is 128 cm³/mol. The van der Waals surface area contributed by atoms with E-state index in [9.17, 15) is 30.3 Å². The summed E-state index contributed by atoms with van der Waals surface area (Å²) in [7, 11) is 0. The minimum Gasteiger partial charge on any atom is -0.490 e. The third kappa shape index (κ3) is 5.68. The number of hydrogen-bond acceptors (Lipinski definition) is 9. The van der Waals surface area contributed by atoms with E-state index in [1.165, 1.54) is 19.9 Å². The number of carbonyl (C=O) groups is 1. The van der Waals surface area contributed by atoms with Crippen molar-refractivity contribution in [3.63, 3.8) is 0 Å². The molecule has 6 atom stereocenters. The molecular weight excluding hydrogens is 492 g/mol. The smallest absolute Gasteiger partial charge is 0.302 e. The van der Waals surface area contributed by atoms with Crippen molar-refractivity contribution in [3.05, 3.63) is 63.7 Å². The van der Waals surface area contributed by atoms with Gasteiger partial charge < -0.3 is 39.7 Å². The normalized spacial score (nSPS) is 29.0. The van der Waals surface area contributed by atoms with Crippen LogP contribution in [0, 0.1) is 0 Å². The second-order valence-electron chi connectivity index (χ2n) is 9.47. The fraction of sp³-hybridized carbons (Fsp3) is 0.500. The quantitative estimate of drug-likeness (QED) is 0.326. The van der Waals surface area contributed by atoms with E-state index in [0.29, 0.717) is 11.1 Å². The molecule has 4 rings (SSSR count). The van der Waals surface area contributed by atoms with E-state index in [1.54, 1.807) is 6.07 Å². The Bertz CT molecular complexity index is 1090. The first-order valence-corrected chi connectivity index (χ1v) is 12.2. The van der Waals surface area contributed by atoms with E-state index < -0.39 is 42.3 Å². The second-order valence-corrected chi connectivity index (χ2v) is 9.87. The summed E-state index contributed by atoms with van der Waals surface area (Å²) in [4.78, 5) is 11.3. The number of esters is 1. The summed E-state index contributed by atoms with van der Waals surface area (Å²) in [6, 6.07) is 10.4. The maximum atomic E-state index is 11.6. The van der Waals surface area contributed by atoms with Gasteiger partial charge in [0.1, 0.15) is 36.8 Å². The van der Waals surface area contributed by atoms with Gasteiger partial charge in [-0.05, 0) is 67.1 Å². The monoisotopic (exact) mass is 522 g/mol. The molecule has 1 saturated heterocycles. The lowest BCUT2D eigenvalue weighted by Crippen LogP contribution is -2.65. The Morgan fingerprint density at radius 3 is 2.39 bits per heavy atom. The number of carbonyl (C=O) groups excluding carboxylic acids is 1. The maximum absolute atomic E-state index is 11.6. The number of halogens is 1. The third-order valence-corrected chi connectivity index (χ3v) is 6.75. The molecule has 1 saturated carbocycles. The van der Waals surface area contributed by atoms with Crippen LogP contribution in [0.1, 0.15) is 48.9 Å². The molecule has 196 valence electrons. The van der Waals surface area contributed by atoms with Crippen LogP contribution in [-0.4, -0.2) is 68.1 Å². The van der Waals surface area contributed by atoms with Crippen molar-refractivity contribution in [2.45, 2.75) is 82.1 Å². The van der Waals surface area contributed by atoms with E-state index in [-0.39, 0.29) is 29.7 Å². The van der Waals surface area contributed by atoms with Crippen LogP contribution in [0.4, 0.5) is 0 Å². The second kappa shape index (κ2) is 10.6. The molecule has 0 amide bonds. The maximum Gasteiger partial charge on any atom is 0.302 e. The topological polar surface area (TPSA) is 146 Å². The molecule has 1 aliphatic carbocycles. The highest BCUT2D eigenvalue weighted by molar-refractivity contribution is 6.31. The van der Waals surface area contributed by atoms with Crippen molar-refractivity contribution < 1.29 is 44.5 Å². The first kappa shape index (κ1) is 26.8. The number of hydrogen-bond donors (Lipinski definition) is 5. The predicted octanol–water partition coefficient (Wildman–Crippen LogP) is 1.54. The van der Waals surface area contributed by atoms with Crippen LogP contribution in [0.25, 0.3) is 0 Å². The van der Waals surface area contributed by atoms with Gasteiger partial charge in [0.15, 0.2) is 0 Å². The van der Waals surface area contributed by atoms with Crippen LogP contribution >= 0.6 is 11.6 Å². The van der Waals surface area contributed by atoms with Crippen molar-refractivity contribution in [2.75, 3.05) is 0 Å². The van der Waals surface area contributed by atoms with Gasteiger partial charge in [-0.3, -0.25) is 4.79 Å². The van der Waals surface area contributed by atoms with Crippen molar-refractivity contribution in [1.82, 2.24) is 0 Å². The van der Waals surface area contributed by atoms with Crippen LogP contribution < -0.4 is 4.74 Å². The Morgan fingerprint density at radius 2 is 1.81 bits per heavy atom. The number of ether oxygens (including phenoxy) is 3. The summed E-state index contributed by atoms with van der Waals surface area (Å²) in [5.74, 6) is -2.32. The lowest BCUT2D eigenvalue weighted by molar-refractivity contribution is -0.364. The van der Waals surface area contributed by atoms with Crippen molar-refractivity contribution in [2.24, 2.45) is 0 Å². The van der Waals surface area contributed by atoms with Crippen LogP contribution in [0.15, 0.2) is 36.4 Å². The van der Waals surface area contributed by atoms with E-state index in [1.807, 2.05) is 24.3 Å². The lowest BCUT2D eigenvalue weighted by Gasteiger charge is -2.47. The molecule has 0 unspecified atom stereocenters. The molecule has 0 radical (unpaired) electrons. The van der Waals surface area contributed by atoms with Gasteiger partial charge >= 0.3 is 5.97 Å². The molecule has 10 heteroatoms. The first-order valence-electron chi connectivity index (χ1n) is 11.8. The van der Waals surface area contributed by atoms with Crippen molar-refractivity contribution in [3.8, 4) is 5.75 Å². The molecule has 0 aromatic heterocycles. The van der Waals surface area contributed by atoms with E-state index in [4.69, 9.17) is 25.8 Å². The van der Waals surface area contributed by atoms with E-state index in [0.717, 1.165) is 24.2 Å². The molecule has 0 bridgehead atoms. The highest BCUT2D eigenvalue weighted by Gasteiger charge is 2.55. The standard InChI is InChI=1S/C26H31ClO9/c1-13(28)24-22(30)23(31)25(32)26(33,36-24)20-10-16(12-34-14(2)29)11-21(27)19(20)9-15-3-5-17(6-4-15)35-18-7-8-18/h3-6,10-11,13,18,22-25,28,30-33H,7-9,12H2,1-2H3/t13-,22-,23-,24+,25+,26+/m0/s1. The molecule has 0 spiro atoms. The minimum atomic E-state index is -2.54. The zero-order valence-corrected chi connectivity index (χ0v) is 20.8. The summed E-state index contributed by atoms with van der Waals surface area (Å²) in [5, 5.41) is 53.5. The zero-order chi connectivity index (χ0) is 26.2. The largest absolute Gasteiger partial charge is 0.490 e. The van der Waals surface area contributed by atoms with Crippen LogP contribution in [-0.2, 0) is 33.1 Å². The van der Waals surface area contributed by atoms with Gasteiger partial charge in [-0.25, -0.2) is 0 Å². The summed E-state index contributed by atoms with van der Waals surface area (Å²) in [6.45, 7) is 2.42. The lowest BCUT2D eigenvalue weighted by atomic mass is 9.83. The molecule has 2 aliphatic rings. The molecule has 9 nitrogen and oxygen atoms in total. The molecule has 2 fully saturated rings. The summed E-state index contributed by atoms with van der Waals surface area (Å²) >= 11 is 6.63. The van der Waals surface area contributed by atoms with Crippen LogP contribution in [0.2, 0.25) is 5.02 Å². The Balaban J connectivity index is 1.74. The fourth-order valence-corrected chi connectivity index (χ4v) is 4.60. The fourth-order valence-electron chi connectivity index (χ4n) is 4.29. The molecule has 1 aliphatic heterocycles. The Kier molecular flexibility index (Phi) is 7.92. The Labute approximate surface area is 213 Å².